The monoisotopic (exact) mass is 539 g/mol. The van der Waals surface area contributed by atoms with Crippen LogP contribution in [0.3, 0.4) is 0 Å². The maximum atomic E-state index is 13.8. The van der Waals surface area contributed by atoms with E-state index in [4.69, 9.17) is 0 Å². The Morgan fingerprint density at radius 1 is 0.895 bits per heavy atom. The third-order valence-electron chi connectivity index (χ3n) is 6.05. The number of anilines is 1. The zero-order valence-electron chi connectivity index (χ0n) is 22.1. The minimum absolute atomic E-state index is 0.00248. The van der Waals surface area contributed by atoms with E-state index in [2.05, 4.69) is 5.32 Å². The Labute approximate surface area is 224 Å². The molecule has 0 aliphatic heterocycles. The van der Waals surface area contributed by atoms with E-state index in [0.29, 0.717) is 17.8 Å². The molecule has 0 bridgehead atoms. The Bertz CT molecular complexity index is 1330. The molecule has 0 aliphatic rings. The maximum absolute atomic E-state index is 13.8. The highest BCUT2D eigenvalue weighted by atomic mass is 32.2. The smallest absolute Gasteiger partial charge is 0.264 e. The highest BCUT2D eigenvalue weighted by Gasteiger charge is 2.32. The van der Waals surface area contributed by atoms with Gasteiger partial charge in [0.25, 0.3) is 10.0 Å². The first-order valence-corrected chi connectivity index (χ1v) is 13.9. The molecule has 0 spiro atoms. The van der Waals surface area contributed by atoms with Crippen molar-refractivity contribution in [2.45, 2.75) is 45.2 Å². The summed E-state index contributed by atoms with van der Waals surface area (Å²) in [6, 6.07) is 19.4. The van der Waals surface area contributed by atoms with Gasteiger partial charge in [-0.3, -0.25) is 13.9 Å². The normalized spacial score (nSPS) is 12.2. The van der Waals surface area contributed by atoms with Gasteiger partial charge in [0.1, 0.15) is 18.4 Å². The molecule has 0 saturated heterocycles. The molecule has 0 fully saturated rings. The van der Waals surface area contributed by atoms with E-state index in [0.717, 1.165) is 9.87 Å². The standard InChI is InChI=1S/C29H34FN3O4S/c1-21(2)18-31-29(35)23(4)32(19-24-12-14-25(30)15-13-24)28(34)20-33(26-16-10-22(3)11-17-26)38(36,37)27-8-6-5-7-9-27/h5-17,21,23H,18-20H2,1-4H3,(H,31,35). The lowest BCUT2D eigenvalue weighted by atomic mass is 10.1. The second kappa shape index (κ2) is 12.7. The molecule has 1 N–H and O–H groups in total. The van der Waals surface area contributed by atoms with Gasteiger partial charge in [-0.05, 0) is 61.7 Å². The van der Waals surface area contributed by atoms with E-state index >= 15 is 0 Å². The van der Waals surface area contributed by atoms with Crippen molar-refractivity contribution >= 4 is 27.5 Å². The van der Waals surface area contributed by atoms with Crippen LogP contribution in [0.2, 0.25) is 0 Å². The molecule has 38 heavy (non-hydrogen) atoms. The maximum Gasteiger partial charge on any atom is 0.264 e. The van der Waals surface area contributed by atoms with Crippen LogP contribution in [0.15, 0.2) is 83.8 Å². The van der Waals surface area contributed by atoms with Gasteiger partial charge in [0.15, 0.2) is 0 Å². The highest BCUT2D eigenvalue weighted by molar-refractivity contribution is 7.92. The summed E-state index contributed by atoms with van der Waals surface area (Å²) in [4.78, 5) is 28.1. The van der Waals surface area contributed by atoms with E-state index in [1.54, 1.807) is 49.4 Å². The molecule has 0 aromatic heterocycles. The van der Waals surface area contributed by atoms with Crippen molar-refractivity contribution in [2.75, 3.05) is 17.4 Å². The minimum Gasteiger partial charge on any atom is -0.354 e. The van der Waals surface area contributed by atoms with E-state index in [1.165, 1.54) is 41.3 Å². The number of sulfonamides is 1. The first-order valence-electron chi connectivity index (χ1n) is 12.4. The molecule has 0 radical (unpaired) electrons. The van der Waals surface area contributed by atoms with Crippen LogP contribution in [0, 0.1) is 18.7 Å². The van der Waals surface area contributed by atoms with Gasteiger partial charge in [-0.15, -0.1) is 0 Å². The lowest BCUT2D eigenvalue weighted by Crippen LogP contribution is -2.51. The van der Waals surface area contributed by atoms with Crippen molar-refractivity contribution in [1.82, 2.24) is 10.2 Å². The largest absolute Gasteiger partial charge is 0.354 e. The molecule has 9 heteroatoms. The zero-order valence-corrected chi connectivity index (χ0v) is 22.9. The van der Waals surface area contributed by atoms with Crippen LogP contribution in [0.25, 0.3) is 0 Å². The molecule has 0 saturated carbocycles. The molecule has 1 unspecified atom stereocenters. The fourth-order valence-electron chi connectivity index (χ4n) is 3.78. The molecule has 7 nitrogen and oxygen atoms in total. The molecular weight excluding hydrogens is 505 g/mol. The van der Waals surface area contributed by atoms with Gasteiger partial charge in [-0.25, -0.2) is 12.8 Å². The van der Waals surface area contributed by atoms with E-state index < -0.39 is 34.3 Å². The third-order valence-corrected chi connectivity index (χ3v) is 7.84. The van der Waals surface area contributed by atoms with Crippen LogP contribution in [0.5, 0.6) is 0 Å². The molecule has 3 rings (SSSR count). The van der Waals surface area contributed by atoms with E-state index in [-0.39, 0.29) is 23.3 Å². The van der Waals surface area contributed by atoms with Gasteiger partial charge in [0.05, 0.1) is 10.6 Å². The van der Waals surface area contributed by atoms with Crippen LogP contribution in [-0.2, 0) is 26.2 Å². The number of rotatable bonds is 11. The average molecular weight is 540 g/mol. The lowest BCUT2D eigenvalue weighted by molar-refractivity contribution is -0.139. The third kappa shape index (κ3) is 7.41. The number of carbonyl (C=O) groups excluding carboxylic acids is 2. The molecule has 2 amide bonds. The average Bonchev–Trinajstić information content (AvgIpc) is 2.90. The Balaban J connectivity index is 1.98. The Morgan fingerprint density at radius 3 is 2.08 bits per heavy atom. The predicted molar refractivity (Wildman–Crippen MR) is 146 cm³/mol. The van der Waals surface area contributed by atoms with Crippen molar-refractivity contribution in [2.24, 2.45) is 5.92 Å². The summed E-state index contributed by atoms with van der Waals surface area (Å²) >= 11 is 0. The SMILES string of the molecule is Cc1ccc(N(CC(=O)N(Cc2ccc(F)cc2)C(C)C(=O)NCC(C)C)S(=O)(=O)c2ccccc2)cc1. The number of benzene rings is 3. The van der Waals surface area contributed by atoms with Crippen molar-refractivity contribution in [3.8, 4) is 0 Å². The highest BCUT2D eigenvalue weighted by Crippen LogP contribution is 2.25. The van der Waals surface area contributed by atoms with Gasteiger partial charge < -0.3 is 10.2 Å². The molecule has 0 heterocycles. The van der Waals surface area contributed by atoms with Crippen LogP contribution < -0.4 is 9.62 Å². The Kier molecular flexibility index (Phi) is 9.63. The summed E-state index contributed by atoms with van der Waals surface area (Å²) in [5.41, 5.74) is 1.87. The van der Waals surface area contributed by atoms with E-state index in [9.17, 15) is 22.4 Å². The van der Waals surface area contributed by atoms with Gasteiger partial charge in [-0.1, -0.05) is 61.9 Å². The fourth-order valence-corrected chi connectivity index (χ4v) is 5.22. The Morgan fingerprint density at radius 2 is 1.50 bits per heavy atom. The summed E-state index contributed by atoms with van der Waals surface area (Å²) in [7, 11) is -4.11. The van der Waals surface area contributed by atoms with Crippen LogP contribution in [0.1, 0.15) is 31.9 Å². The summed E-state index contributed by atoms with van der Waals surface area (Å²) in [5.74, 6) is -1.14. The number of carbonyl (C=O) groups is 2. The molecular formula is C29H34FN3O4S. The van der Waals surface area contributed by atoms with Crippen molar-refractivity contribution < 1.29 is 22.4 Å². The molecule has 0 aliphatic carbocycles. The minimum atomic E-state index is -4.11. The topological polar surface area (TPSA) is 86.8 Å². The van der Waals surface area contributed by atoms with Gasteiger partial charge in [0, 0.05) is 13.1 Å². The predicted octanol–water partition coefficient (Wildman–Crippen LogP) is 4.52. The number of aryl methyl sites for hydroxylation is 1. The van der Waals surface area contributed by atoms with Gasteiger partial charge >= 0.3 is 0 Å². The lowest BCUT2D eigenvalue weighted by Gasteiger charge is -2.32. The number of hydrogen-bond acceptors (Lipinski definition) is 4. The second-order valence-corrected chi connectivity index (χ2v) is 11.5. The molecule has 3 aromatic rings. The number of halogens is 1. The molecule has 1 atom stereocenters. The summed E-state index contributed by atoms with van der Waals surface area (Å²) in [5, 5.41) is 2.83. The summed E-state index contributed by atoms with van der Waals surface area (Å²) in [6.45, 7) is 7.30. The van der Waals surface area contributed by atoms with Gasteiger partial charge in [0.2, 0.25) is 11.8 Å². The summed E-state index contributed by atoms with van der Waals surface area (Å²) in [6.07, 6.45) is 0. The fraction of sp³-hybridized carbons (Fsp3) is 0.310. The van der Waals surface area contributed by atoms with Crippen LogP contribution >= 0.6 is 0 Å². The number of amides is 2. The van der Waals surface area contributed by atoms with Crippen LogP contribution in [0.4, 0.5) is 10.1 Å². The number of nitrogens with zero attached hydrogens (tertiary/aromatic N) is 2. The number of nitrogens with one attached hydrogen (secondary N) is 1. The molecule has 202 valence electrons. The van der Waals surface area contributed by atoms with Crippen molar-refractivity contribution in [3.63, 3.8) is 0 Å². The first kappa shape index (κ1) is 28.8. The second-order valence-electron chi connectivity index (χ2n) is 9.62. The quantitative estimate of drug-likeness (QED) is 0.388. The van der Waals surface area contributed by atoms with Crippen molar-refractivity contribution in [1.29, 1.82) is 0 Å². The first-order chi connectivity index (χ1) is 18.0. The van der Waals surface area contributed by atoms with E-state index in [1.807, 2.05) is 20.8 Å². The van der Waals surface area contributed by atoms with Gasteiger partial charge in [-0.2, -0.15) is 0 Å². The Hall–Kier alpha value is -3.72. The van der Waals surface area contributed by atoms with Crippen LogP contribution in [-0.4, -0.2) is 44.3 Å². The summed E-state index contributed by atoms with van der Waals surface area (Å²) < 4.78 is 41.9. The zero-order chi connectivity index (χ0) is 27.9. The molecule has 3 aromatic carbocycles. The van der Waals surface area contributed by atoms with Crippen molar-refractivity contribution in [3.05, 3.63) is 95.8 Å². The number of hydrogen-bond donors (Lipinski definition) is 1.